The second kappa shape index (κ2) is 6.85. The molecule has 25 heavy (non-hydrogen) atoms. The van der Waals surface area contributed by atoms with Crippen molar-refractivity contribution in [1.29, 1.82) is 0 Å². The number of benzene rings is 2. The largest absolute Gasteiger partial charge is 0.497 e. The van der Waals surface area contributed by atoms with Crippen LogP contribution in [0.3, 0.4) is 0 Å². The second-order valence-electron chi connectivity index (χ2n) is 5.32. The lowest BCUT2D eigenvalue weighted by atomic mass is 10.2. The number of halogens is 1. The summed E-state index contributed by atoms with van der Waals surface area (Å²) in [5.74, 6) is 1.59. The zero-order valence-electron chi connectivity index (χ0n) is 13.3. The van der Waals surface area contributed by atoms with Gasteiger partial charge in [-0.2, -0.15) is 5.10 Å². The zero-order chi connectivity index (χ0) is 17.2. The van der Waals surface area contributed by atoms with Gasteiger partial charge in [-0.3, -0.25) is 0 Å². The van der Waals surface area contributed by atoms with E-state index >= 15 is 0 Å². The Morgan fingerprint density at radius 3 is 2.44 bits per heavy atom. The van der Waals surface area contributed by atoms with Crippen molar-refractivity contribution in [2.24, 2.45) is 0 Å². The predicted molar refractivity (Wildman–Crippen MR) is 101 cm³/mol. The van der Waals surface area contributed by atoms with E-state index < -0.39 is 0 Å². The van der Waals surface area contributed by atoms with E-state index in [0.29, 0.717) is 6.61 Å². The Balaban J connectivity index is 1.48. The first-order valence-corrected chi connectivity index (χ1v) is 9.20. The topological polar surface area (TPSA) is 48.7 Å². The van der Waals surface area contributed by atoms with Gasteiger partial charge in [0.05, 0.1) is 19.0 Å². The summed E-state index contributed by atoms with van der Waals surface area (Å²) in [6.07, 6.45) is 1.94. The molecule has 0 aliphatic heterocycles. The first-order chi connectivity index (χ1) is 12.2. The molecule has 0 fully saturated rings. The molecule has 0 atom stereocenters. The second-order valence-corrected chi connectivity index (χ2v) is 7.28. The molecule has 2 heterocycles. The molecule has 0 saturated heterocycles. The monoisotopic (exact) mass is 415 g/mol. The van der Waals surface area contributed by atoms with Crippen LogP contribution in [-0.4, -0.2) is 21.7 Å². The molecule has 126 valence electrons. The molecule has 0 unspecified atom stereocenters. The number of hydrogen-bond donors (Lipinski definition) is 0. The van der Waals surface area contributed by atoms with Gasteiger partial charge in [-0.05, 0) is 36.4 Å². The molecule has 2 aromatic carbocycles. The molecule has 0 bridgehead atoms. The zero-order valence-corrected chi connectivity index (χ0v) is 15.8. The average molecular weight is 416 g/mol. The molecule has 0 spiro atoms. The SMILES string of the molecule is COc1ccc(OCc2nn3cc(-c4ccc(Br)cc4)nc3s2)cc1. The summed E-state index contributed by atoms with van der Waals surface area (Å²) in [5.41, 5.74) is 1.98. The Hall–Kier alpha value is -2.38. The summed E-state index contributed by atoms with van der Waals surface area (Å²) in [4.78, 5) is 5.50. The van der Waals surface area contributed by atoms with Crippen molar-refractivity contribution in [3.05, 3.63) is 64.2 Å². The summed E-state index contributed by atoms with van der Waals surface area (Å²) < 4.78 is 13.7. The fraction of sp³-hybridized carbons (Fsp3) is 0.111. The number of rotatable bonds is 5. The maximum absolute atomic E-state index is 5.76. The highest BCUT2D eigenvalue weighted by Gasteiger charge is 2.10. The van der Waals surface area contributed by atoms with E-state index in [2.05, 4.69) is 26.0 Å². The summed E-state index contributed by atoms with van der Waals surface area (Å²) in [6.45, 7) is 0.411. The molecule has 0 aliphatic carbocycles. The van der Waals surface area contributed by atoms with Gasteiger partial charge < -0.3 is 9.47 Å². The van der Waals surface area contributed by atoms with Gasteiger partial charge in [-0.15, -0.1) is 0 Å². The maximum atomic E-state index is 5.76. The van der Waals surface area contributed by atoms with E-state index in [1.54, 1.807) is 11.6 Å². The van der Waals surface area contributed by atoms with Crippen LogP contribution in [0.2, 0.25) is 0 Å². The van der Waals surface area contributed by atoms with Gasteiger partial charge in [-0.25, -0.2) is 9.50 Å². The van der Waals surface area contributed by atoms with Gasteiger partial charge in [0, 0.05) is 10.0 Å². The number of ether oxygens (including phenoxy) is 2. The Morgan fingerprint density at radius 1 is 1.04 bits per heavy atom. The van der Waals surface area contributed by atoms with Gasteiger partial charge in [0.1, 0.15) is 18.1 Å². The van der Waals surface area contributed by atoms with Crippen molar-refractivity contribution < 1.29 is 9.47 Å². The molecule has 7 heteroatoms. The Labute approximate surface area is 157 Å². The van der Waals surface area contributed by atoms with Gasteiger partial charge in [0.2, 0.25) is 4.96 Å². The lowest BCUT2D eigenvalue weighted by Gasteiger charge is -2.04. The lowest BCUT2D eigenvalue weighted by molar-refractivity contribution is 0.303. The standard InChI is InChI=1S/C18H14BrN3O2S/c1-23-14-6-8-15(9-7-14)24-11-17-21-22-10-16(20-18(22)25-17)12-2-4-13(19)5-3-12/h2-10H,11H2,1H3. The fourth-order valence-electron chi connectivity index (χ4n) is 2.38. The minimum absolute atomic E-state index is 0.411. The van der Waals surface area contributed by atoms with E-state index in [-0.39, 0.29) is 0 Å². The smallest absolute Gasteiger partial charge is 0.212 e. The number of imidazole rings is 1. The van der Waals surface area contributed by atoms with Crippen LogP contribution in [-0.2, 0) is 6.61 Å². The number of methoxy groups -OCH3 is 1. The van der Waals surface area contributed by atoms with Gasteiger partial charge >= 0.3 is 0 Å². The van der Waals surface area contributed by atoms with E-state index in [1.165, 1.54) is 11.3 Å². The molecule has 0 amide bonds. The molecule has 4 aromatic rings. The summed E-state index contributed by atoms with van der Waals surface area (Å²) in [7, 11) is 1.64. The lowest BCUT2D eigenvalue weighted by Crippen LogP contribution is -1.96. The fourth-order valence-corrected chi connectivity index (χ4v) is 3.43. The predicted octanol–water partition coefficient (Wildman–Crippen LogP) is 4.81. The number of fused-ring (bicyclic) bond motifs is 1. The molecule has 0 saturated carbocycles. The van der Waals surface area contributed by atoms with Gasteiger partial charge in [0.15, 0.2) is 5.01 Å². The van der Waals surface area contributed by atoms with Gasteiger partial charge in [-0.1, -0.05) is 39.4 Å². The number of hydrogen-bond acceptors (Lipinski definition) is 5. The van der Waals surface area contributed by atoms with E-state index in [1.807, 2.05) is 54.7 Å². The summed E-state index contributed by atoms with van der Waals surface area (Å²) >= 11 is 4.97. The molecule has 0 aliphatic rings. The van der Waals surface area contributed by atoms with E-state index in [9.17, 15) is 0 Å². The number of nitrogens with zero attached hydrogens (tertiary/aromatic N) is 3. The molecule has 2 aromatic heterocycles. The molecule has 0 radical (unpaired) electrons. The average Bonchev–Trinajstić information content (AvgIpc) is 3.20. The Kier molecular flexibility index (Phi) is 4.42. The molecule has 5 nitrogen and oxygen atoms in total. The third kappa shape index (κ3) is 3.52. The Morgan fingerprint density at radius 2 is 1.76 bits per heavy atom. The van der Waals surface area contributed by atoms with Crippen LogP contribution in [0, 0.1) is 0 Å². The first kappa shape index (κ1) is 16.1. The first-order valence-electron chi connectivity index (χ1n) is 7.59. The third-order valence-electron chi connectivity index (χ3n) is 3.65. The van der Waals surface area contributed by atoms with Crippen molar-refractivity contribution in [2.45, 2.75) is 6.61 Å². The van der Waals surface area contributed by atoms with Crippen molar-refractivity contribution in [3.8, 4) is 22.8 Å². The third-order valence-corrected chi connectivity index (χ3v) is 5.07. The van der Waals surface area contributed by atoms with Crippen LogP contribution in [0.4, 0.5) is 0 Å². The highest BCUT2D eigenvalue weighted by Crippen LogP contribution is 2.24. The van der Waals surface area contributed by atoms with Crippen molar-refractivity contribution in [2.75, 3.05) is 7.11 Å². The van der Waals surface area contributed by atoms with Crippen LogP contribution >= 0.6 is 27.3 Å². The van der Waals surface area contributed by atoms with Crippen molar-refractivity contribution >= 4 is 32.2 Å². The van der Waals surface area contributed by atoms with Crippen LogP contribution < -0.4 is 9.47 Å². The van der Waals surface area contributed by atoms with Gasteiger partial charge in [0.25, 0.3) is 0 Å². The van der Waals surface area contributed by atoms with Crippen LogP contribution in [0.5, 0.6) is 11.5 Å². The normalized spacial score (nSPS) is 11.0. The summed E-state index contributed by atoms with van der Waals surface area (Å²) in [5, 5.41) is 5.41. The van der Waals surface area contributed by atoms with Crippen LogP contribution in [0.1, 0.15) is 5.01 Å². The Bertz CT molecular complexity index is 962. The minimum atomic E-state index is 0.411. The van der Waals surface area contributed by atoms with Crippen molar-refractivity contribution in [3.63, 3.8) is 0 Å². The number of aromatic nitrogens is 3. The molecule has 0 N–H and O–H groups in total. The minimum Gasteiger partial charge on any atom is -0.497 e. The van der Waals surface area contributed by atoms with E-state index in [0.717, 1.165) is 37.2 Å². The quantitative estimate of drug-likeness (QED) is 0.469. The summed E-state index contributed by atoms with van der Waals surface area (Å²) in [6, 6.07) is 15.6. The van der Waals surface area contributed by atoms with Crippen LogP contribution in [0.25, 0.3) is 16.2 Å². The highest BCUT2D eigenvalue weighted by molar-refractivity contribution is 9.10. The molecule has 4 rings (SSSR count). The van der Waals surface area contributed by atoms with E-state index in [4.69, 9.17) is 9.47 Å². The van der Waals surface area contributed by atoms with Crippen molar-refractivity contribution in [1.82, 2.24) is 14.6 Å². The highest BCUT2D eigenvalue weighted by atomic mass is 79.9. The maximum Gasteiger partial charge on any atom is 0.212 e. The molecular formula is C18H14BrN3O2S. The molecular weight excluding hydrogens is 402 g/mol. The van der Waals surface area contributed by atoms with Crippen LogP contribution in [0.15, 0.2) is 59.2 Å².